The third-order valence-corrected chi connectivity index (χ3v) is 2.78. The zero-order valence-electron chi connectivity index (χ0n) is 11.4. The predicted octanol–water partition coefficient (Wildman–Crippen LogP) is 1.28. The number of carbonyl (C=O) groups excluding carboxylic acids is 1. The van der Waals surface area contributed by atoms with Gasteiger partial charge in [-0.2, -0.15) is 0 Å². The fourth-order valence-electron chi connectivity index (χ4n) is 1.45. The van der Waals surface area contributed by atoms with Crippen molar-refractivity contribution in [3.05, 3.63) is 12.2 Å². The fourth-order valence-corrected chi connectivity index (χ4v) is 1.45. The molecule has 17 heavy (non-hydrogen) atoms. The maximum atomic E-state index is 11.8. The summed E-state index contributed by atoms with van der Waals surface area (Å²) in [6.45, 7) is 12.9. The molecule has 1 aliphatic heterocycles. The number of nitrogens with zero attached hydrogens (tertiary/aromatic N) is 1. The second kappa shape index (κ2) is 5.65. The Kier molecular flexibility index (Phi) is 4.71. The molecule has 0 unspecified atom stereocenters. The molecule has 0 aromatic carbocycles. The van der Waals surface area contributed by atoms with Gasteiger partial charge in [0.05, 0.1) is 19.3 Å². The summed E-state index contributed by atoms with van der Waals surface area (Å²) in [7, 11) is 2.00. The minimum Gasteiger partial charge on any atom is -0.378 e. The molecule has 4 heteroatoms. The van der Waals surface area contributed by atoms with E-state index in [1.807, 2.05) is 7.05 Å². The molecule has 0 aromatic heterocycles. The van der Waals surface area contributed by atoms with E-state index in [2.05, 4.69) is 37.6 Å². The first-order valence-corrected chi connectivity index (χ1v) is 6.03. The maximum Gasteiger partial charge on any atom is 0.247 e. The van der Waals surface area contributed by atoms with E-state index in [-0.39, 0.29) is 12.7 Å². The quantitative estimate of drug-likeness (QED) is 0.738. The first kappa shape index (κ1) is 14.2. The Morgan fingerprint density at radius 3 is 2.53 bits per heavy atom. The van der Waals surface area contributed by atoms with Crippen LogP contribution in [0.2, 0.25) is 0 Å². The summed E-state index contributed by atoms with van der Waals surface area (Å²) in [5.74, 6) is -0.0491. The van der Waals surface area contributed by atoms with Gasteiger partial charge in [-0.1, -0.05) is 27.4 Å². The van der Waals surface area contributed by atoms with Crippen LogP contribution in [0.15, 0.2) is 12.2 Å². The van der Waals surface area contributed by atoms with Crippen LogP contribution in [0.1, 0.15) is 22.2 Å². The van der Waals surface area contributed by atoms with Gasteiger partial charge in [-0.25, -0.2) is 0 Å². The SMILES string of the molecule is C=C(CN(C)C1COC1)C(=O)NCC(C)(C)C.[HH]. The number of rotatable bonds is 5. The molecule has 0 saturated carbocycles. The van der Waals surface area contributed by atoms with Crippen LogP contribution in [-0.2, 0) is 9.53 Å². The highest BCUT2D eigenvalue weighted by atomic mass is 16.5. The van der Waals surface area contributed by atoms with Crippen molar-refractivity contribution in [2.24, 2.45) is 5.41 Å². The van der Waals surface area contributed by atoms with Crippen LogP contribution >= 0.6 is 0 Å². The van der Waals surface area contributed by atoms with Gasteiger partial charge in [0.1, 0.15) is 0 Å². The average molecular weight is 242 g/mol. The molecule has 1 aliphatic rings. The largest absolute Gasteiger partial charge is 0.378 e. The minimum absolute atomic E-state index is 0. The van der Waals surface area contributed by atoms with Crippen molar-refractivity contribution in [2.45, 2.75) is 26.8 Å². The van der Waals surface area contributed by atoms with Gasteiger partial charge >= 0.3 is 0 Å². The van der Waals surface area contributed by atoms with Crippen LogP contribution in [0.25, 0.3) is 0 Å². The number of carbonyl (C=O) groups is 1. The minimum atomic E-state index is -0.0491. The van der Waals surface area contributed by atoms with E-state index in [1.165, 1.54) is 0 Å². The van der Waals surface area contributed by atoms with Crippen LogP contribution in [0, 0.1) is 5.41 Å². The van der Waals surface area contributed by atoms with Gasteiger partial charge in [0.15, 0.2) is 0 Å². The van der Waals surface area contributed by atoms with Crippen LogP contribution in [0.4, 0.5) is 0 Å². The lowest BCUT2D eigenvalue weighted by molar-refractivity contribution is -0.118. The molecule has 1 N–H and O–H groups in total. The number of ether oxygens (including phenoxy) is 1. The summed E-state index contributed by atoms with van der Waals surface area (Å²) < 4.78 is 5.12. The van der Waals surface area contributed by atoms with Crippen LogP contribution in [0.3, 0.4) is 0 Å². The molecule has 1 fully saturated rings. The second-order valence-electron chi connectivity index (χ2n) is 5.95. The number of amides is 1. The molecule has 0 spiro atoms. The molecule has 1 amide bonds. The van der Waals surface area contributed by atoms with E-state index in [9.17, 15) is 4.79 Å². The standard InChI is InChI=1S/C13H24N2O2.H2/c1-10(6-15(5)11-7-17-8-11)12(16)14-9-13(2,3)4;/h11H,1,6-9H2,2-5H3,(H,14,16);1H. The van der Waals surface area contributed by atoms with Gasteiger partial charge in [-0.3, -0.25) is 9.69 Å². The van der Waals surface area contributed by atoms with E-state index in [1.54, 1.807) is 0 Å². The van der Waals surface area contributed by atoms with Crippen LogP contribution < -0.4 is 5.32 Å². The Morgan fingerprint density at radius 2 is 2.12 bits per heavy atom. The fraction of sp³-hybridized carbons (Fsp3) is 0.769. The Morgan fingerprint density at radius 1 is 1.53 bits per heavy atom. The number of hydrogen-bond acceptors (Lipinski definition) is 3. The summed E-state index contributed by atoms with van der Waals surface area (Å²) in [6.07, 6.45) is 0. The van der Waals surface area contributed by atoms with Crippen molar-refractivity contribution in [1.82, 2.24) is 10.2 Å². The molecule has 0 atom stereocenters. The topological polar surface area (TPSA) is 41.6 Å². The number of likely N-dealkylation sites (N-methyl/N-ethyl adjacent to an activating group) is 1. The van der Waals surface area contributed by atoms with Crippen molar-refractivity contribution in [3.63, 3.8) is 0 Å². The highest BCUT2D eigenvalue weighted by Crippen LogP contribution is 2.12. The van der Waals surface area contributed by atoms with Crippen molar-refractivity contribution in [3.8, 4) is 0 Å². The summed E-state index contributed by atoms with van der Waals surface area (Å²) in [5.41, 5.74) is 0.715. The molecular formula is C13H26N2O2. The van der Waals surface area contributed by atoms with Crippen molar-refractivity contribution < 1.29 is 11.0 Å². The monoisotopic (exact) mass is 242 g/mol. The molecular weight excluding hydrogens is 216 g/mol. The van der Waals surface area contributed by atoms with Gasteiger partial charge in [-0.05, 0) is 12.5 Å². The lowest BCUT2D eigenvalue weighted by atomic mass is 9.97. The van der Waals surface area contributed by atoms with E-state index >= 15 is 0 Å². The molecule has 0 bridgehead atoms. The Labute approximate surface area is 105 Å². The van der Waals surface area contributed by atoms with Gasteiger partial charge in [0, 0.05) is 20.1 Å². The van der Waals surface area contributed by atoms with Crippen LogP contribution in [-0.4, -0.2) is 50.2 Å². The van der Waals surface area contributed by atoms with Gasteiger partial charge < -0.3 is 10.1 Å². The second-order valence-corrected chi connectivity index (χ2v) is 5.95. The normalized spacial score (nSPS) is 16.8. The van der Waals surface area contributed by atoms with Crippen molar-refractivity contribution in [1.29, 1.82) is 0 Å². The third kappa shape index (κ3) is 4.88. The van der Waals surface area contributed by atoms with E-state index in [0.717, 1.165) is 13.2 Å². The van der Waals surface area contributed by atoms with Crippen molar-refractivity contribution >= 4 is 5.91 Å². The molecule has 1 heterocycles. The number of nitrogens with one attached hydrogen (secondary N) is 1. The molecule has 100 valence electrons. The average Bonchev–Trinajstić information content (AvgIpc) is 2.09. The highest BCUT2D eigenvalue weighted by Gasteiger charge is 2.24. The molecule has 0 aromatic rings. The van der Waals surface area contributed by atoms with E-state index < -0.39 is 0 Å². The van der Waals surface area contributed by atoms with Gasteiger partial charge in [0.2, 0.25) is 5.91 Å². The summed E-state index contributed by atoms with van der Waals surface area (Å²) in [4.78, 5) is 13.9. The molecule has 0 aliphatic carbocycles. The zero-order valence-corrected chi connectivity index (χ0v) is 11.4. The Balaban J connectivity index is 0.00000289. The van der Waals surface area contributed by atoms with Gasteiger partial charge in [0.25, 0.3) is 0 Å². The van der Waals surface area contributed by atoms with E-state index in [0.29, 0.717) is 24.7 Å². The summed E-state index contributed by atoms with van der Waals surface area (Å²) in [5, 5.41) is 2.91. The van der Waals surface area contributed by atoms with E-state index in [4.69, 9.17) is 4.74 Å². The predicted molar refractivity (Wildman–Crippen MR) is 71.0 cm³/mol. The highest BCUT2D eigenvalue weighted by molar-refractivity contribution is 5.93. The molecule has 0 radical (unpaired) electrons. The lowest BCUT2D eigenvalue weighted by Gasteiger charge is -2.34. The third-order valence-electron chi connectivity index (χ3n) is 2.78. The summed E-state index contributed by atoms with van der Waals surface area (Å²) >= 11 is 0. The van der Waals surface area contributed by atoms with Gasteiger partial charge in [-0.15, -0.1) is 0 Å². The molecule has 4 nitrogen and oxygen atoms in total. The van der Waals surface area contributed by atoms with Crippen LogP contribution in [0.5, 0.6) is 0 Å². The first-order valence-electron chi connectivity index (χ1n) is 6.03. The Hall–Kier alpha value is -0.870. The Bertz CT molecular complexity index is 296. The zero-order chi connectivity index (χ0) is 13.1. The van der Waals surface area contributed by atoms with Crippen molar-refractivity contribution in [2.75, 3.05) is 33.4 Å². The number of hydrogen-bond donors (Lipinski definition) is 1. The lowest BCUT2D eigenvalue weighted by Crippen LogP contribution is -2.48. The first-order chi connectivity index (χ1) is 7.79. The maximum absolute atomic E-state index is 11.8. The summed E-state index contributed by atoms with van der Waals surface area (Å²) in [6, 6.07) is 0.433. The molecule has 1 saturated heterocycles. The molecule has 1 rings (SSSR count). The smallest absolute Gasteiger partial charge is 0.247 e.